The number of nitrogens with one attached hydrogen (secondary N) is 1. The molecule has 1 aromatic heterocycles. The summed E-state index contributed by atoms with van der Waals surface area (Å²) in [6.07, 6.45) is 1.11. The van der Waals surface area contributed by atoms with E-state index in [-0.39, 0.29) is 0 Å². The van der Waals surface area contributed by atoms with Crippen LogP contribution in [0.4, 0.5) is 0 Å². The van der Waals surface area contributed by atoms with Gasteiger partial charge in [0.15, 0.2) is 11.3 Å². The maximum absolute atomic E-state index is 10.6. The van der Waals surface area contributed by atoms with E-state index in [1.54, 1.807) is 29.1 Å². The Balaban J connectivity index is 2.06. The van der Waals surface area contributed by atoms with Crippen LogP contribution in [0.3, 0.4) is 0 Å². The number of halogens is 1. The molecule has 0 radical (unpaired) electrons. The van der Waals surface area contributed by atoms with Gasteiger partial charge in [0.25, 0.3) is 0 Å². The first kappa shape index (κ1) is 13.9. The number of hydrazine groups is 1. The Bertz CT molecular complexity index is 443. The minimum Gasteiger partial charge on any atom is -0.350 e. The van der Waals surface area contributed by atoms with Crippen molar-refractivity contribution in [2.24, 2.45) is 0 Å². The molecule has 2 rings (SSSR count). The fourth-order valence-corrected chi connectivity index (χ4v) is 1.97. The summed E-state index contributed by atoms with van der Waals surface area (Å²) in [5.41, 5.74) is 3.16. The Hall–Kier alpha value is -1.48. The summed E-state index contributed by atoms with van der Waals surface area (Å²) in [5, 5.41) is 10.5. The number of hydrogen-bond acceptors (Lipinski definition) is 6. The number of aromatic nitrogens is 1. The van der Waals surface area contributed by atoms with E-state index in [0.29, 0.717) is 25.2 Å². The highest BCUT2D eigenvalue weighted by molar-refractivity contribution is 6.29. The normalized spacial score (nSPS) is 21.3. The van der Waals surface area contributed by atoms with Gasteiger partial charge in [-0.15, -0.1) is 5.43 Å². The first-order valence-corrected chi connectivity index (χ1v) is 5.97. The van der Waals surface area contributed by atoms with E-state index < -0.39 is 11.3 Å². The molecule has 0 aliphatic carbocycles. The monoisotopic (exact) mass is 287 g/mol. The average Bonchev–Trinajstić information content (AvgIpc) is 2.36. The summed E-state index contributed by atoms with van der Waals surface area (Å²) in [4.78, 5) is 18.1. The van der Waals surface area contributed by atoms with Crippen LogP contribution in [0.1, 0.15) is 5.56 Å². The molecule has 1 unspecified atom stereocenters. The zero-order chi connectivity index (χ0) is 13.8. The van der Waals surface area contributed by atoms with Crippen molar-refractivity contribution in [1.82, 2.24) is 20.2 Å². The number of nitro groups is 1. The van der Waals surface area contributed by atoms with E-state index in [4.69, 9.17) is 16.3 Å². The molecule has 1 fully saturated rings. The Morgan fingerprint density at radius 3 is 3.05 bits per heavy atom. The maximum Gasteiger partial charge on any atom is 0.198 e. The van der Waals surface area contributed by atoms with Crippen molar-refractivity contribution in [2.45, 2.75) is 12.8 Å². The highest BCUT2D eigenvalue weighted by Crippen LogP contribution is 2.14. The second-order valence-corrected chi connectivity index (χ2v) is 4.60. The lowest BCUT2D eigenvalue weighted by atomic mass is 10.2. The number of pyridine rings is 1. The van der Waals surface area contributed by atoms with Gasteiger partial charge in [-0.25, -0.2) is 24.9 Å². The fraction of sp³-hybridized carbons (Fsp3) is 0.500. The van der Waals surface area contributed by atoms with Gasteiger partial charge in [0.1, 0.15) is 18.6 Å². The molecule has 0 bridgehead atoms. The van der Waals surface area contributed by atoms with Crippen LogP contribution in [0.5, 0.6) is 0 Å². The van der Waals surface area contributed by atoms with Crippen LogP contribution in [-0.4, -0.2) is 46.6 Å². The van der Waals surface area contributed by atoms with Crippen LogP contribution >= 0.6 is 11.6 Å². The van der Waals surface area contributed by atoms with Gasteiger partial charge in [-0.05, 0) is 18.7 Å². The van der Waals surface area contributed by atoms with Gasteiger partial charge in [0.2, 0.25) is 0 Å². The van der Waals surface area contributed by atoms with Crippen LogP contribution in [0.15, 0.2) is 18.3 Å². The Labute approximate surface area is 115 Å². The van der Waals surface area contributed by atoms with E-state index in [0.717, 1.165) is 5.56 Å². The Morgan fingerprint density at radius 2 is 2.42 bits per heavy atom. The molecule has 0 aromatic carbocycles. The molecule has 1 aliphatic heterocycles. The molecule has 2 heterocycles. The van der Waals surface area contributed by atoms with Crippen LogP contribution in [0, 0.1) is 10.1 Å². The first-order chi connectivity index (χ1) is 9.06. The minimum atomic E-state index is -0.556. The van der Waals surface area contributed by atoms with Crippen molar-refractivity contribution in [1.29, 1.82) is 0 Å². The number of ether oxygens (including phenoxy) is 1. The van der Waals surface area contributed by atoms with Crippen molar-refractivity contribution >= 4 is 11.6 Å². The van der Waals surface area contributed by atoms with E-state index in [1.807, 2.05) is 6.07 Å². The predicted octanol–water partition coefficient (Wildman–Crippen LogP) is 0.479. The summed E-state index contributed by atoms with van der Waals surface area (Å²) in [7, 11) is 1.74. The maximum atomic E-state index is 10.6. The van der Waals surface area contributed by atoms with Gasteiger partial charge in [-0.2, -0.15) is 0 Å². The van der Waals surface area contributed by atoms with Gasteiger partial charge < -0.3 is 4.74 Å². The molecule has 1 aliphatic rings. The van der Waals surface area contributed by atoms with Crippen LogP contribution in [-0.2, 0) is 11.3 Å². The summed E-state index contributed by atoms with van der Waals surface area (Å²) in [6.45, 7) is 1.11. The molecule has 9 heteroatoms. The predicted molar refractivity (Wildman–Crippen MR) is 67.3 cm³/mol. The lowest BCUT2D eigenvalue weighted by Crippen LogP contribution is -2.61. The molecule has 0 saturated carbocycles. The minimum absolute atomic E-state index is 0.304. The second-order valence-electron chi connectivity index (χ2n) is 4.22. The van der Waals surface area contributed by atoms with E-state index in [2.05, 4.69) is 10.4 Å². The van der Waals surface area contributed by atoms with Crippen molar-refractivity contribution < 1.29 is 9.77 Å². The van der Waals surface area contributed by atoms with Gasteiger partial charge in [-0.3, -0.25) is 0 Å². The molecule has 19 heavy (non-hydrogen) atoms. The lowest BCUT2D eigenvalue weighted by Gasteiger charge is -2.39. The van der Waals surface area contributed by atoms with Crippen molar-refractivity contribution in [2.75, 3.05) is 20.5 Å². The number of rotatable bonds is 4. The molecule has 1 aromatic rings. The summed E-state index contributed by atoms with van der Waals surface area (Å²) in [5.74, 6) is 0. The van der Waals surface area contributed by atoms with Gasteiger partial charge in [0.05, 0.1) is 0 Å². The fourth-order valence-electron chi connectivity index (χ4n) is 1.86. The largest absolute Gasteiger partial charge is 0.350 e. The standard InChI is InChI=1S/C10H14ClN5O3/c1-14-6-19-7-15(10(14)13-16(17)18)5-8-2-3-9(11)12-4-8/h2-4,10,13H,5-7H2,1H3. The summed E-state index contributed by atoms with van der Waals surface area (Å²) < 4.78 is 5.34. The summed E-state index contributed by atoms with van der Waals surface area (Å²) >= 11 is 5.72. The second kappa shape index (κ2) is 6.11. The van der Waals surface area contributed by atoms with Crippen molar-refractivity contribution in [3.8, 4) is 0 Å². The molecule has 8 nitrogen and oxygen atoms in total. The Kier molecular flexibility index (Phi) is 4.48. The number of nitrogens with zero attached hydrogens (tertiary/aromatic N) is 4. The zero-order valence-electron chi connectivity index (χ0n) is 10.3. The molecule has 1 atom stereocenters. The molecule has 1 saturated heterocycles. The van der Waals surface area contributed by atoms with Gasteiger partial charge >= 0.3 is 0 Å². The van der Waals surface area contributed by atoms with Crippen molar-refractivity contribution in [3.05, 3.63) is 39.2 Å². The quantitative estimate of drug-likeness (QED) is 0.490. The SMILES string of the molecule is CN1COCN(Cc2ccc(Cl)nc2)C1N[N+](=O)[O-]. The third-order valence-corrected chi connectivity index (χ3v) is 2.93. The summed E-state index contributed by atoms with van der Waals surface area (Å²) in [6, 6.07) is 3.51. The highest BCUT2D eigenvalue weighted by Gasteiger charge is 2.30. The molecule has 0 spiro atoms. The first-order valence-electron chi connectivity index (χ1n) is 5.59. The Morgan fingerprint density at radius 1 is 1.63 bits per heavy atom. The molecule has 104 valence electrons. The van der Waals surface area contributed by atoms with Gasteiger partial charge in [-0.1, -0.05) is 17.7 Å². The topological polar surface area (TPSA) is 83.8 Å². The average molecular weight is 288 g/mol. The van der Waals surface area contributed by atoms with Crippen LogP contribution in [0.2, 0.25) is 5.15 Å². The lowest BCUT2D eigenvalue weighted by molar-refractivity contribution is -0.565. The van der Waals surface area contributed by atoms with Gasteiger partial charge in [0, 0.05) is 12.7 Å². The third-order valence-electron chi connectivity index (χ3n) is 2.71. The third kappa shape index (κ3) is 3.74. The molecule has 1 N–H and O–H groups in total. The molecule has 0 amide bonds. The van der Waals surface area contributed by atoms with E-state index >= 15 is 0 Å². The van der Waals surface area contributed by atoms with Crippen molar-refractivity contribution in [3.63, 3.8) is 0 Å². The van der Waals surface area contributed by atoms with Crippen LogP contribution in [0.25, 0.3) is 0 Å². The highest BCUT2D eigenvalue weighted by atomic mass is 35.5. The number of hydrogen-bond donors (Lipinski definition) is 1. The smallest absolute Gasteiger partial charge is 0.198 e. The van der Waals surface area contributed by atoms with E-state index in [1.165, 1.54) is 0 Å². The molecular weight excluding hydrogens is 274 g/mol. The molecular formula is C10H14ClN5O3. The van der Waals surface area contributed by atoms with Crippen LogP contribution < -0.4 is 5.43 Å². The zero-order valence-corrected chi connectivity index (χ0v) is 11.1. The van der Waals surface area contributed by atoms with E-state index in [9.17, 15) is 10.1 Å².